The van der Waals surface area contributed by atoms with Crippen molar-refractivity contribution in [3.05, 3.63) is 114 Å². The topological polar surface area (TPSA) is 17.1 Å². The van der Waals surface area contributed by atoms with Gasteiger partial charge in [-0.25, -0.2) is 26.3 Å². The average Bonchev–Trinajstić information content (AvgIpc) is 2.83. The van der Waals surface area contributed by atoms with Crippen molar-refractivity contribution in [3.63, 3.8) is 0 Å². The first-order valence-electron chi connectivity index (χ1n) is 10.0. The van der Waals surface area contributed by atoms with Gasteiger partial charge in [0.15, 0.2) is 30.4 Å². The zero-order valence-electron chi connectivity index (χ0n) is 17.1. The molecule has 0 fully saturated rings. The van der Waals surface area contributed by atoms with Crippen molar-refractivity contribution >= 4 is 44.6 Å². The number of hydrogen-bond acceptors (Lipinski definition) is 1. The van der Waals surface area contributed by atoms with Crippen LogP contribution >= 0.6 is 7.14 Å². The molecule has 1 nitrogen and oxygen atoms in total. The molecule has 34 heavy (non-hydrogen) atoms. The first-order valence-corrected chi connectivity index (χ1v) is 11.7. The molecule has 0 heterocycles. The minimum atomic E-state index is -5.21. The summed E-state index contributed by atoms with van der Waals surface area (Å²) in [7, 11) is -5.21. The van der Waals surface area contributed by atoms with Crippen LogP contribution in [0.5, 0.6) is 0 Å². The molecule has 170 valence electrons. The standard InChI is InChI=1S/C26H13F6OP/c27-18-9-11-20(29)25(23(18)31)34(33,26-21(30)12-10-19(28)24(26)32)22-13-14-5-1-2-6-15(14)16-7-3-4-8-17(16)22/h1-13H. The van der Waals surface area contributed by atoms with Crippen molar-refractivity contribution in [3.8, 4) is 0 Å². The molecule has 0 aliphatic heterocycles. The van der Waals surface area contributed by atoms with E-state index in [0.717, 1.165) is 0 Å². The number of benzene rings is 5. The van der Waals surface area contributed by atoms with E-state index in [1.807, 2.05) is 0 Å². The van der Waals surface area contributed by atoms with E-state index in [0.29, 0.717) is 40.4 Å². The summed E-state index contributed by atoms with van der Waals surface area (Å²) < 4.78 is 104. The molecule has 0 aliphatic carbocycles. The first kappa shape index (κ1) is 22.2. The zero-order chi connectivity index (χ0) is 24.2. The number of rotatable bonds is 3. The van der Waals surface area contributed by atoms with Crippen molar-refractivity contribution in [1.29, 1.82) is 0 Å². The van der Waals surface area contributed by atoms with Gasteiger partial charge in [-0.15, -0.1) is 0 Å². The highest BCUT2D eigenvalue weighted by Crippen LogP contribution is 2.48. The SMILES string of the molecule is O=P(c1c(F)ccc(F)c1F)(c1c(F)ccc(F)c1F)c1cc2ccccc2c2ccccc12. The lowest BCUT2D eigenvalue weighted by Crippen LogP contribution is -2.34. The molecule has 0 aliphatic rings. The summed E-state index contributed by atoms with van der Waals surface area (Å²) in [5.41, 5.74) is 0. The lowest BCUT2D eigenvalue weighted by molar-refractivity contribution is 0.497. The molecular weight excluding hydrogens is 473 g/mol. The van der Waals surface area contributed by atoms with Gasteiger partial charge in [0.05, 0.1) is 10.6 Å². The van der Waals surface area contributed by atoms with Gasteiger partial charge < -0.3 is 4.57 Å². The van der Waals surface area contributed by atoms with Gasteiger partial charge >= 0.3 is 0 Å². The monoisotopic (exact) mass is 486 g/mol. The molecule has 0 unspecified atom stereocenters. The van der Waals surface area contributed by atoms with E-state index < -0.39 is 52.7 Å². The summed E-state index contributed by atoms with van der Waals surface area (Å²) >= 11 is 0. The van der Waals surface area contributed by atoms with E-state index >= 15 is 17.6 Å². The van der Waals surface area contributed by atoms with Crippen LogP contribution in [-0.2, 0) is 4.57 Å². The molecule has 5 aromatic rings. The van der Waals surface area contributed by atoms with Crippen molar-refractivity contribution < 1.29 is 30.9 Å². The van der Waals surface area contributed by atoms with Crippen LogP contribution < -0.4 is 15.9 Å². The fraction of sp³-hybridized carbons (Fsp3) is 0. The van der Waals surface area contributed by atoms with Crippen LogP contribution in [-0.4, -0.2) is 0 Å². The summed E-state index contributed by atoms with van der Waals surface area (Å²) in [6.07, 6.45) is 0. The Hall–Kier alpha value is -3.57. The van der Waals surface area contributed by atoms with Gasteiger partial charge in [-0.1, -0.05) is 48.5 Å². The van der Waals surface area contributed by atoms with E-state index in [2.05, 4.69) is 0 Å². The smallest absolute Gasteiger partial charge is 0.183 e. The van der Waals surface area contributed by atoms with Crippen molar-refractivity contribution in [2.24, 2.45) is 0 Å². The Labute approximate surface area is 189 Å². The number of hydrogen-bond donors (Lipinski definition) is 0. The number of fused-ring (bicyclic) bond motifs is 3. The van der Waals surface area contributed by atoms with E-state index in [-0.39, 0.29) is 10.7 Å². The summed E-state index contributed by atoms with van der Waals surface area (Å²) in [5.74, 6) is -9.85. The van der Waals surface area contributed by atoms with Crippen LogP contribution in [0.15, 0.2) is 78.9 Å². The van der Waals surface area contributed by atoms with Crippen molar-refractivity contribution in [1.82, 2.24) is 0 Å². The maximum atomic E-state index is 15.1. The molecule has 0 saturated carbocycles. The molecule has 0 spiro atoms. The second kappa shape index (κ2) is 8.03. The first-order chi connectivity index (χ1) is 16.2. The van der Waals surface area contributed by atoms with Crippen LogP contribution in [0.25, 0.3) is 21.5 Å². The van der Waals surface area contributed by atoms with Gasteiger partial charge in [-0.2, -0.15) is 0 Å². The molecular formula is C26H13F6OP. The molecule has 0 aromatic heterocycles. The van der Waals surface area contributed by atoms with E-state index in [9.17, 15) is 13.3 Å². The zero-order valence-corrected chi connectivity index (χ0v) is 18.0. The van der Waals surface area contributed by atoms with Crippen LogP contribution in [0.4, 0.5) is 26.3 Å². The molecule has 5 rings (SSSR count). The van der Waals surface area contributed by atoms with Crippen LogP contribution in [0.2, 0.25) is 0 Å². The normalized spacial score (nSPS) is 11.9. The van der Waals surface area contributed by atoms with Crippen molar-refractivity contribution in [2.45, 2.75) is 0 Å². The molecule has 0 amide bonds. The summed E-state index contributed by atoms with van der Waals surface area (Å²) in [6.45, 7) is 0. The molecule has 0 N–H and O–H groups in total. The third-order valence-corrected chi connectivity index (χ3v) is 8.88. The predicted octanol–water partition coefficient (Wildman–Crippen LogP) is 6.47. The quantitative estimate of drug-likeness (QED) is 0.124. The van der Waals surface area contributed by atoms with Gasteiger partial charge in [0.25, 0.3) is 0 Å². The Kier molecular flexibility index (Phi) is 5.25. The van der Waals surface area contributed by atoms with Gasteiger partial charge in [0.1, 0.15) is 11.6 Å². The molecule has 0 atom stereocenters. The van der Waals surface area contributed by atoms with Crippen LogP contribution in [0, 0.1) is 34.9 Å². The lowest BCUT2D eigenvalue weighted by atomic mass is 10.0. The highest BCUT2D eigenvalue weighted by Gasteiger charge is 2.43. The third-order valence-electron chi connectivity index (χ3n) is 5.75. The fourth-order valence-corrected chi connectivity index (χ4v) is 7.34. The molecule has 0 bridgehead atoms. The van der Waals surface area contributed by atoms with E-state index in [4.69, 9.17) is 0 Å². The highest BCUT2D eigenvalue weighted by atomic mass is 31.2. The summed E-state index contributed by atoms with van der Waals surface area (Å²) in [6, 6.07) is 16.3. The van der Waals surface area contributed by atoms with E-state index in [1.165, 1.54) is 12.1 Å². The maximum Gasteiger partial charge on any atom is 0.183 e. The van der Waals surface area contributed by atoms with Crippen LogP contribution in [0.1, 0.15) is 0 Å². The second-order valence-electron chi connectivity index (χ2n) is 7.66. The van der Waals surface area contributed by atoms with Gasteiger partial charge in [-0.3, -0.25) is 0 Å². The Bertz CT molecular complexity index is 1600. The minimum Gasteiger partial charge on any atom is -0.308 e. The second-order valence-corrected chi connectivity index (χ2v) is 10.3. The van der Waals surface area contributed by atoms with E-state index in [1.54, 1.807) is 42.5 Å². The Morgan fingerprint density at radius 1 is 0.500 bits per heavy atom. The number of halogens is 6. The predicted molar refractivity (Wildman–Crippen MR) is 121 cm³/mol. The largest absolute Gasteiger partial charge is 0.308 e. The highest BCUT2D eigenvalue weighted by molar-refractivity contribution is 7.85. The summed E-state index contributed by atoms with van der Waals surface area (Å²) in [5, 5.41) is -1.32. The van der Waals surface area contributed by atoms with Gasteiger partial charge in [0.2, 0.25) is 0 Å². The Morgan fingerprint density at radius 3 is 1.50 bits per heavy atom. The minimum absolute atomic E-state index is 0.163. The van der Waals surface area contributed by atoms with Crippen molar-refractivity contribution in [2.75, 3.05) is 0 Å². The van der Waals surface area contributed by atoms with Gasteiger partial charge in [0, 0.05) is 5.30 Å². The average molecular weight is 486 g/mol. The molecule has 0 saturated heterocycles. The van der Waals surface area contributed by atoms with Gasteiger partial charge in [-0.05, 0) is 51.9 Å². The molecule has 0 radical (unpaired) electrons. The maximum absolute atomic E-state index is 15.1. The molecule has 8 heteroatoms. The lowest BCUT2D eigenvalue weighted by Gasteiger charge is -2.24. The third kappa shape index (κ3) is 3.15. The summed E-state index contributed by atoms with van der Waals surface area (Å²) in [4.78, 5) is 0. The molecule has 5 aromatic carbocycles. The fourth-order valence-electron chi connectivity index (χ4n) is 4.26. The van der Waals surface area contributed by atoms with Crippen LogP contribution in [0.3, 0.4) is 0 Å². The Morgan fingerprint density at radius 2 is 0.941 bits per heavy atom. The Balaban J connectivity index is 2.07.